The molecule has 0 N–H and O–H groups in total. The highest BCUT2D eigenvalue weighted by Crippen LogP contribution is 2.43. The van der Waals surface area contributed by atoms with Crippen molar-refractivity contribution in [1.82, 2.24) is 9.97 Å². The second-order valence-electron chi connectivity index (χ2n) is 9.82. The minimum atomic E-state index is 1.01. The first-order valence-corrected chi connectivity index (χ1v) is 12.9. The van der Waals surface area contributed by atoms with E-state index in [1.165, 1.54) is 37.7 Å². The number of pyridine rings is 2. The molecule has 6 aromatic carbocycles. The summed E-state index contributed by atoms with van der Waals surface area (Å²) in [5.41, 5.74) is 6.36. The maximum absolute atomic E-state index is 5.30. The number of rotatable bonds is 2. The van der Waals surface area contributed by atoms with Gasteiger partial charge in [-0.05, 0) is 51.4 Å². The van der Waals surface area contributed by atoms with Gasteiger partial charge in [-0.25, -0.2) is 4.98 Å². The first-order valence-electron chi connectivity index (χ1n) is 12.9. The Morgan fingerprint density at radius 1 is 0.395 bits per heavy atom. The van der Waals surface area contributed by atoms with Gasteiger partial charge in [-0.15, -0.1) is 0 Å². The van der Waals surface area contributed by atoms with Gasteiger partial charge >= 0.3 is 0 Å². The molecule has 0 aliphatic heterocycles. The van der Waals surface area contributed by atoms with Crippen LogP contribution in [0.25, 0.3) is 76.5 Å². The molecule has 2 nitrogen and oxygen atoms in total. The first kappa shape index (κ1) is 21.0. The van der Waals surface area contributed by atoms with Crippen molar-refractivity contribution in [1.29, 1.82) is 0 Å². The zero-order valence-corrected chi connectivity index (χ0v) is 20.6. The minimum absolute atomic E-state index is 1.01. The summed E-state index contributed by atoms with van der Waals surface area (Å²) in [6.45, 7) is 0. The molecule has 38 heavy (non-hydrogen) atoms. The summed E-state index contributed by atoms with van der Waals surface area (Å²) in [6.07, 6.45) is 1.97. The number of hydrogen-bond donors (Lipinski definition) is 0. The Bertz CT molecular complexity index is 2190. The van der Waals surface area contributed by atoms with Gasteiger partial charge in [0.2, 0.25) is 0 Å². The second-order valence-corrected chi connectivity index (χ2v) is 9.82. The van der Waals surface area contributed by atoms with Gasteiger partial charge in [0.1, 0.15) is 0 Å². The fourth-order valence-corrected chi connectivity index (χ4v) is 5.91. The van der Waals surface area contributed by atoms with Crippen LogP contribution in [0.2, 0.25) is 0 Å². The predicted molar refractivity (Wildman–Crippen MR) is 160 cm³/mol. The van der Waals surface area contributed by atoms with Crippen LogP contribution in [0.4, 0.5) is 0 Å². The fourth-order valence-electron chi connectivity index (χ4n) is 5.91. The summed E-state index contributed by atoms with van der Waals surface area (Å²) in [6, 6.07) is 45.2. The highest BCUT2D eigenvalue weighted by Gasteiger charge is 2.17. The lowest BCUT2D eigenvalue weighted by Gasteiger charge is -2.16. The van der Waals surface area contributed by atoms with E-state index >= 15 is 0 Å². The van der Waals surface area contributed by atoms with E-state index < -0.39 is 0 Å². The smallest absolute Gasteiger partial charge is 0.0794 e. The van der Waals surface area contributed by atoms with Crippen molar-refractivity contribution >= 4 is 54.1 Å². The Balaban J connectivity index is 1.49. The normalized spacial score (nSPS) is 11.7. The highest BCUT2D eigenvalue weighted by molar-refractivity contribution is 6.33. The maximum Gasteiger partial charge on any atom is 0.0794 e. The van der Waals surface area contributed by atoms with Crippen molar-refractivity contribution in [2.75, 3.05) is 0 Å². The van der Waals surface area contributed by atoms with Crippen molar-refractivity contribution in [2.45, 2.75) is 0 Å². The molecule has 0 radical (unpaired) electrons. The first-order chi connectivity index (χ1) is 18.8. The van der Waals surface area contributed by atoms with Crippen molar-refractivity contribution in [3.05, 3.63) is 134 Å². The predicted octanol–water partition coefficient (Wildman–Crippen LogP) is 9.58. The number of fused-ring (bicyclic) bond motifs is 9. The summed E-state index contributed by atoms with van der Waals surface area (Å²) in [7, 11) is 0. The lowest BCUT2D eigenvalue weighted by Crippen LogP contribution is -1.93. The van der Waals surface area contributed by atoms with E-state index in [1.54, 1.807) is 0 Å². The molecule has 2 heteroatoms. The standard InChI is InChI=1S/C36H22N2/c1-7-18-32-24(10-1)21-26(22-37-32)23-11-9-12-25(20-23)36-35-30-16-5-3-14-28(30)27-13-2-4-15-29(27)34(35)31-17-6-8-19-33(31)38-36/h1-22H. The Morgan fingerprint density at radius 3 is 1.79 bits per heavy atom. The summed E-state index contributed by atoms with van der Waals surface area (Å²) in [4.78, 5) is 10.0. The van der Waals surface area contributed by atoms with Gasteiger partial charge in [-0.2, -0.15) is 0 Å². The molecule has 2 heterocycles. The molecule has 0 aliphatic carbocycles. The molecular weight excluding hydrogens is 460 g/mol. The van der Waals surface area contributed by atoms with Crippen LogP contribution in [0, 0.1) is 0 Å². The average Bonchev–Trinajstić information content (AvgIpc) is 3.00. The quantitative estimate of drug-likeness (QED) is 0.229. The van der Waals surface area contributed by atoms with Crippen LogP contribution in [-0.4, -0.2) is 9.97 Å². The molecule has 0 saturated heterocycles. The van der Waals surface area contributed by atoms with E-state index in [2.05, 4.69) is 121 Å². The molecule has 8 aromatic rings. The molecule has 0 amide bonds. The van der Waals surface area contributed by atoms with Crippen molar-refractivity contribution < 1.29 is 0 Å². The second kappa shape index (κ2) is 8.22. The van der Waals surface area contributed by atoms with Gasteiger partial charge in [0.05, 0.1) is 16.7 Å². The van der Waals surface area contributed by atoms with E-state index in [9.17, 15) is 0 Å². The van der Waals surface area contributed by atoms with E-state index in [0.29, 0.717) is 0 Å². The number of benzene rings is 6. The summed E-state index contributed by atoms with van der Waals surface area (Å²) >= 11 is 0. The van der Waals surface area contributed by atoms with Crippen LogP contribution >= 0.6 is 0 Å². The Morgan fingerprint density at radius 2 is 1.00 bits per heavy atom. The number of hydrogen-bond acceptors (Lipinski definition) is 2. The Labute approximate surface area is 219 Å². The topological polar surface area (TPSA) is 25.8 Å². The third kappa shape index (κ3) is 3.14. The van der Waals surface area contributed by atoms with Gasteiger partial charge < -0.3 is 0 Å². The van der Waals surface area contributed by atoms with Crippen LogP contribution in [-0.2, 0) is 0 Å². The van der Waals surface area contributed by atoms with Crippen LogP contribution in [0.15, 0.2) is 134 Å². The molecular formula is C36H22N2. The van der Waals surface area contributed by atoms with E-state index in [1.807, 2.05) is 12.3 Å². The Kier molecular flexibility index (Phi) is 4.55. The Hall–Kier alpha value is -5.08. The lowest BCUT2D eigenvalue weighted by molar-refractivity contribution is 1.40. The van der Waals surface area contributed by atoms with Crippen molar-refractivity contribution in [3.8, 4) is 22.4 Å². The van der Waals surface area contributed by atoms with Gasteiger partial charge in [-0.3, -0.25) is 4.98 Å². The van der Waals surface area contributed by atoms with Crippen LogP contribution < -0.4 is 0 Å². The zero-order chi connectivity index (χ0) is 25.1. The molecule has 176 valence electrons. The number of nitrogens with zero attached hydrogens (tertiary/aromatic N) is 2. The molecule has 0 saturated carbocycles. The molecule has 0 atom stereocenters. The lowest BCUT2D eigenvalue weighted by atomic mass is 9.89. The van der Waals surface area contributed by atoms with Gasteiger partial charge in [0.25, 0.3) is 0 Å². The summed E-state index contributed by atoms with van der Waals surface area (Å²) < 4.78 is 0. The molecule has 2 aromatic heterocycles. The monoisotopic (exact) mass is 482 g/mol. The molecule has 0 spiro atoms. The van der Waals surface area contributed by atoms with Crippen LogP contribution in [0.1, 0.15) is 0 Å². The molecule has 0 aliphatic rings. The third-order valence-corrected chi connectivity index (χ3v) is 7.64. The van der Waals surface area contributed by atoms with Gasteiger partial charge in [-0.1, -0.05) is 103 Å². The molecule has 0 unspecified atom stereocenters. The highest BCUT2D eigenvalue weighted by atomic mass is 14.7. The van der Waals surface area contributed by atoms with Gasteiger partial charge in [0, 0.05) is 38.9 Å². The summed E-state index contributed by atoms with van der Waals surface area (Å²) in [5, 5.41) is 9.80. The number of para-hydroxylation sites is 2. The van der Waals surface area contributed by atoms with E-state index in [-0.39, 0.29) is 0 Å². The fraction of sp³-hybridized carbons (Fsp3) is 0. The largest absolute Gasteiger partial charge is 0.256 e. The summed E-state index contributed by atoms with van der Waals surface area (Å²) in [5.74, 6) is 0. The maximum atomic E-state index is 5.30. The molecule has 0 bridgehead atoms. The SMILES string of the molecule is c1cc(-c2cnc3ccccc3c2)cc(-c2nc3ccccc3c3c4ccccc4c4ccccc4c23)c1. The molecule has 8 rings (SSSR count). The minimum Gasteiger partial charge on any atom is -0.256 e. The third-order valence-electron chi connectivity index (χ3n) is 7.64. The van der Waals surface area contributed by atoms with Crippen LogP contribution in [0.3, 0.4) is 0 Å². The van der Waals surface area contributed by atoms with Crippen molar-refractivity contribution in [2.24, 2.45) is 0 Å². The van der Waals surface area contributed by atoms with Gasteiger partial charge in [0.15, 0.2) is 0 Å². The van der Waals surface area contributed by atoms with Crippen LogP contribution in [0.5, 0.6) is 0 Å². The molecule has 0 fully saturated rings. The average molecular weight is 483 g/mol. The number of aromatic nitrogens is 2. The van der Waals surface area contributed by atoms with Crippen molar-refractivity contribution in [3.63, 3.8) is 0 Å². The zero-order valence-electron chi connectivity index (χ0n) is 20.6. The van der Waals surface area contributed by atoms with E-state index in [4.69, 9.17) is 9.97 Å². The van der Waals surface area contributed by atoms with E-state index in [0.717, 1.165) is 38.8 Å².